The lowest BCUT2D eigenvalue weighted by atomic mass is 10.1. The molecule has 1 amide bonds. The number of aromatic nitrogens is 3. The van der Waals surface area contributed by atoms with Crippen LogP contribution in [-0.2, 0) is 4.79 Å². The van der Waals surface area contributed by atoms with Crippen molar-refractivity contribution in [3.05, 3.63) is 70.2 Å². The van der Waals surface area contributed by atoms with Crippen molar-refractivity contribution in [2.75, 3.05) is 43.4 Å². The lowest BCUT2D eigenvalue weighted by Crippen LogP contribution is -2.50. The summed E-state index contributed by atoms with van der Waals surface area (Å²) in [5, 5.41) is 0.716. The third kappa shape index (κ3) is 5.29. The Labute approximate surface area is 221 Å². The number of nitrogens with two attached hydrogens (primary N) is 1. The second-order valence-electron chi connectivity index (χ2n) is 9.36. The molecule has 37 heavy (non-hydrogen) atoms. The first-order valence-corrected chi connectivity index (χ1v) is 12.6. The Kier molecular flexibility index (Phi) is 6.84. The number of aryl methyl sites for hydroxylation is 3. The van der Waals surface area contributed by atoms with Crippen molar-refractivity contribution in [1.82, 2.24) is 19.9 Å². The van der Waals surface area contributed by atoms with Crippen molar-refractivity contribution in [1.29, 1.82) is 0 Å². The Morgan fingerprint density at radius 3 is 2.30 bits per heavy atom. The summed E-state index contributed by atoms with van der Waals surface area (Å²) in [6, 6.07) is 15.8. The van der Waals surface area contributed by atoms with Crippen molar-refractivity contribution in [2.24, 2.45) is 0 Å². The van der Waals surface area contributed by atoms with E-state index in [2.05, 4.69) is 46.1 Å². The average Bonchev–Trinajstić information content (AvgIpc) is 2.90. The van der Waals surface area contributed by atoms with Crippen LogP contribution in [0.15, 0.2) is 48.5 Å². The lowest BCUT2D eigenvalue weighted by Gasteiger charge is -2.35. The first-order valence-electron chi connectivity index (χ1n) is 12.2. The highest BCUT2D eigenvalue weighted by Gasteiger charge is 2.25. The van der Waals surface area contributed by atoms with Crippen LogP contribution in [-0.4, -0.2) is 58.5 Å². The fourth-order valence-electron chi connectivity index (χ4n) is 4.52. The summed E-state index contributed by atoms with van der Waals surface area (Å²) in [5.74, 6) is 1.47. The third-order valence-corrected chi connectivity index (χ3v) is 7.19. The molecule has 0 radical (unpaired) electrons. The number of halogens is 1. The van der Waals surface area contributed by atoms with Crippen LogP contribution in [0.3, 0.4) is 0 Å². The zero-order chi connectivity index (χ0) is 26.1. The molecule has 1 fully saturated rings. The molecule has 4 aromatic rings. The Bertz CT molecular complexity index is 1440. The summed E-state index contributed by atoms with van der Waals surface area (Å²) >= 11 is 6.23. The zero-order valence-electron chi connectivity index (χ0n) is 21.2. The van der Waals surface area contributed by atoms with E-state index in [1.165, 1.54) is 5.56 Å². The molecule has 5 rings (SSSR count). The van der Waals surface area contributed by atoms with E-state index in [0.29, 0.717) is 53.8 Å². The number of piperazine rings is 1. The van der Waals surface area contributed by atoms with Crippen LogP contribution in [0.4, 0.5) is 11.8 Å². The van der Waals surface area contributed by atoms with E-state index in [-0.39, 0.29) is 18.5 Å². The molecule has 1 aliphatic rings. The minimum absolute atomic E-state index is 0.0225. The second-order valence-corrected chi connectivity index (χ2v) is 9.74. The number of fused-ring (bicyclic) bond motifs is 1. The van der Waals surface area contributed by atoms with Crippen LogP contribution in [0.25, 0.3) is 22.3 Å². The van der Waals surface area contributed by atoms with Crippen LogP contribution in [0.2, 0.25) is 5.02 Å². The molecule has 8 nitrogen and oxygen atoms in total. The maximum absolute atomic E-state index is 12.8. The molecule has 2 N–H and O–H groups in total. The minimum atomic E-state index is -0.0586. The number of amides is 1. The third-order valence-electron chi connectivity index (χ3n) is 6.59. The largest absolute Gasteiger partial charge is 0.484 e. The Balaban J connectivity index is 1.29. The molecular weight excluding hydrogens is 488 g/mol. The van der Waals surface area contributed by atoms with E-state index in [1.54, 1.807) is 0 Å². The van der Waals surface area contributed by atoms with Gasteiger partial charge in [-0.2, -0.15) is 4.98 Å². The van der Waals surface area contributed by atoms with E-state index >= 15 is 0 Å². The summed E-state index contributed by atoms with van der Waals surface area (Å²) in [5.41, 5.74) is 12.3. The summed E-state index contributed by atoms with van der Waals surface area (Å²) in [6.07, 6.45) is 0. The molecule has 0 unspecified atom stereocenters. The van der Waals surface area contributed by atoms with Gasteiger partial charge in [-0.25, -0.2) is 9.97 Å². The van der Waals surface area contributed by atoms with Crippen molar-refractivity contribution in [2.45, 2.75) is 20.8 Å². The van der Waals surface area contributed by atoms with Gasteiger partial charge in [-0.05, 0) is 56.2 Å². The van der Waals surface area contributed by atoms with Gasteiger partial charge in [-0.1, -0.05) is 41.4 Å². The topological polar surface area (TPSA) is 97.5 Å². The van der Waals surface area contributed by atoms with Crippen LogP contribution < -0.4 is 15.4 Å². The number of benzene rings is 2. The van der Waals surface area contributed by atoms with Gasteiger partial charge in [-0.3, -0.25) is 4.79 Å². The molecule has 0 atom stereocenters. The number of anilines is 2. The van der Waals surface area contributed by atoms with Crippen molar-refractivity contribution < 1.29 is 9.53 Å². The number of ether oxygens (including phenoxy) is 1. The molecule has 0 saturated carbocycles. The van der Waals surface area contributed by atoms with E-state index in [1.807, 2.05) is 43.0 Å². The van der Waals surface area contributed by atoms with E-state index < -0.39 is 0 Å². The molecule has 1 aliphatic heterocycles. The molecule has 2 aromatic heterocycles. The van der Waals surface area contributed by atoms with Gasteiger partial charge in [0, 0.05) is 36.8 Å². The van der Waals surface area contributed by atoms with Gasteiger partial charge in [0.25, 0.3) is 5.91 Å². The smallest absolute Gasteiger partial charge is 0.260 e. The van der Waals surface area contributed by atoms with Gasteiger partial charge in [0.15, 0.2) is 12.4 Å². The molecule has 2 aromatic carbocycles. The molecule has 190 valence electrons. The maximum Gasteiger partial charge on any atom is 0.260 e. The minimum Gasteiger partial charge on any atom is -0.484 e. The first-order chi connectivity index (χ1) is 17.8. The Morgan fingerprint density at radius 2 is 1.62 bits per heavy atom. The standard InChI is InChI=1S/C28H29ClN6O2/c1-17-4-6-20(7-5-17)22-8-9-23-26(31-22)27(33-28(30)32-23)35-12-10-34(11-13-35)24(36)16-37-21-14-18(2)25(29)19(3)15-21/h4-9,14-15H,10-13,16H2,1-3H3,(H2,30,32,33). The van der Waals surface area contributed by atoms with Gasteiger partial charge in [0.05, 0.1) is 11.2 Å². The Morgan fingerprint density at radius 1 is 0.946 bits per heavy atom. The summed E-state index contributed by atoms with van der Waals surface area (Å²) in [7, 11) is 0. The summed E-state index contributed by atoms with van der Waals surface area (Å²) in [4.78, 5) is 30.6. The van der Waals surface area contributed by atoms with Gasteiger partial charge >= 0.3 is 0 Å². The summed E-state index contributed by atoms with van der Waals surface area (Å²) < 4.78 is 5.77. The SMILES string of the molecule is Cc1ccc(-c2ccc3nc(N)nc(N4CCN(C(=O)COc5cc(C)c(Cl)c(C)c5)CC4)c3n2)cc1. The highest BCUT2D eigenvalue weighted by Crippen LogP contribution is 2.28. The predicted octanol–water partition coefficient (Wildman–Crippen LogP) is 4.58. The zero-order valence-corrected chi connectivity index (χ0v) is 21.9. The number of carbonyl (C=O) groups excluding carboxylic acids is 1. The van der Waals surface area contributed by atoms with Gasteiger partial charge in [0.2, 0.25) is 5.95 Å². The van der Waals surface area contributed by atoms with Gasteiger partial charge in [0.1, 0.15) is 11.3 Å². The number of hydrogen-bond donors (Lipinski definition) is 1. The highest BCUT2D eigenvalue weighted by molar-refractivity contribution is 6.32. The molecule has 0 spiro atoms. The van der Waals surface area contributed by atoms with E-state index in [0.717, 1.165) is 22.4 Å². The molecular formula is C28H29ClN6O2. The average molecular weight is 517 g/mol. The summed E-state index contributed by atoms with van der Waals surface area (Å²) in [6.45, 7) is 8.18. The molecule has 9 heteroatoms. The number of nitrogen functional groups attached to an aromatic ring is 1. The monoisotopic (exact) mass is 516 g/mol. The molecule has 0 aliphatic carbocycles. The number of hydrogen-bond acceptors (Lipinski definition) is 7. The lowest BCUT2D eigenvalue weighted by molar-refractivity contribution is -0.133. The van der Waals surface area contributed by atoms with Crippen LogP contribution in [0, 0.1) is 20.8 Å². The second kappa shape index (κ2) is 10.2. The fourth-order valence-corrected chi connectivity index (χ4v) is 4.62. The van der Waals surface area contributed by atoms with Crippen LogP contribution in [0.5, 0.6) is 5.75 Å². The van der Waals surface area contributed by atoms with Crippen molar-refractivity contribution >= 4 is 40.3 Å². The van der Waals surface area contributed by atoms with Crippen molar-refractivity contribution in [3.8, 4) is 17.0 Å². The number of rotatable bonds is 5. The first kappa shape index (κ1) is 24.8. The van der Waals surface area contributed by atoms with Crippen molar-refractivity contribution in [3.63, 3.8) is 0 Å². The van der Waals surface area contributed by atoms with E-state index in [9.17, 15) is 4.79 Å². The van der Waals surface area contributed by atoms with Gasteiger partial charge < -0.3 is 20.3 Å². The normalized spacial score (nSPS) is 13.7. The molecule has 0 bridgehead atoms. The van der Waals surface area contributed by atoms with Crippen LogP contribution >= 0.6 is 11.6 Å². The quantitative estimate of drug-likeness (QED) is 0.414. The van der Waals surface area contributed by atoms with Gasteiger partial charge in [-0.15, -0.1) is 0 Å². The highest BCUT2D eigenvalue weighted by atomic mass is 35.5. The number of pyridine rings is 1. The Hall–Kier alpha value is -3.91. The number of carbonyl (C=O) groups is 1. The van der Waals surface area contributed by atoms with E-state index in [4.69, 9.17) is 27.1 Å². The molecule has 3 heterocycles. The fraction of sp³-hybridized carbons (Fsp3) is 0.286. The molecule has 1 saturated heterocycles. The van der Waals surface area contributed by atoms with Crippen LogP contribution in [0.1, 0.15) is 16.7 Å². The maximum atomic E-state index is 12.8. The number of nitrogens with zero attached hydrogens (tertiary/aromatic N) is 5. The predicted molar refractivity (Wildman–Crippen MR) is 147 cm³/mol.